The van der Waals surface area contributed by atoms with Crippen molar-refractivity contribution >= 4 is 28.7 Å². The molecule has 0 bridgehead atoms. The molecule has 1 amide bonds. The number of ether oxygens (including phenoxy) is 1. The van der Waals surface area contributed by atoms with E-state index in [1.165, 1.54) is 41.8 Å². The summed E-state index contributed by atoms with van der Waals surface area (Å²) in [7, 11) is 0. The molecule has 2 aromatic carbocycles. The van der Waals surface area contributed by atoms with Crippen LogP contribution in [-0.2, 0) is 16.0 Å². The largest absolute Gasteiger partial charge is 0.573 e. The topological polar surface area (TPSA) is 118 Å². The summed E-state index contributed by atoms with van der Waals surface area (Å²) < 4.78 is 42.4. The van der Waals surface area contributed by atoms with Crippen LogP contribution < -0.4 is 10.1 Å². The van der Waals surface area contributed by atoms with Gasteiger partial charge in [-0.1, -0.05) is 6.92 Å². The summed E-state index contributed by atoms with van der Waals surface area (Å²) in [6.07, 6.45) is -4.63. The van der Waals surface area contributed by atoms with E-state index in [4.69, 9.17) is 5.11 Å². The molecule has 0 fully saturated rings. The number of aryl methyl sites for hydroxylation is 1. The Bertz CT molecular complexity index is 1260. The normalized spacial score (nSPS) is 12.4. The maximum absolute atomic E-state index is 13.3. The number of nitrogens with zero attached hydrogens (tertiary/aromatic N) is 1. The van der Waals surface area contributed by atoms with Crippen molar-refractivity contribution in [2.75, 3.05) is 6.54 Å². The second kappa shape index (κ2) is 10.1. The molecule has 1 atom stereocenters. The zero-order valence-electron chi connectivity index (χ0n) is 18.8. The van der Waals surface area contributed by atoms with Gasteiger partial charge < -0.3 is 20.3 Å². The SMILES string of the molecule is Cc1c(CCC(=O)NC[C@H](C)C(=O)O)c2cc(O)ccc2n1C(=O)c1ccc(OC(F)(F)F)cc1. The molecule has 0 aliphatic rings. The highest BCUT2D eigenvalue weighted by atomic mass is 19.4. The third kappa shape index (κ3) is 6.11. The fourth-order valence-corrected chi connectivity index (χ4v) is 3.66. The van der Waals surface area contributed by atoms with Crippen LogP contribution in [0.4, 0.5) is 13.2 Å². The molecule has 0 aliphatic carbocycles. The molecule has 1 aromatic heterocycles. The Labute approximate surface area is 197 Å². The van der Waals surface area contributed by atoms with E-state index >= 15 is 0 Å². The van der Waals surface area contributed by atoms with Gasteiger partial charge >= 0.3 is 12.3 Å². The van der Waals surface area contributed by atoms with Gasteiger partial charge in [0.05, 0.1) is 11.4 Å². The molecule has 0 spiro atoms. The lowest BCUT2D eigenvalue weighted by Crippen LogP contribution is -2.31. The van der Waals surface area contributed by atoms with Crippen molar-refractivity contribution in [2.24, 2.45) is 5.92 Å². The summed E-state index contributed by atoms with van der Waals surface area (Å²) in [6, 6.07) is 8.90. The van der Waals surface area contributed by atoms with Crippen LogP contribution >= 0.6 is 0 Å². The predicted molar refractivity (Wildman–Crippen MR) is 119 cm³/mol. The van der Waals surface area contributed by atoms with Crippen molar-refractivity contribution in [3.8, 4) is 11.5 Å². The Kier molecular flexibility index (Phi) is 7.37. The van der Waals surface area contributed by atoms with E-state index in [1.807, 2.05) is 0 Å². The number of carbonyl (C=O) groups is 3. The van der Waals surface area contributed by atoms with Crippen LogP contribution in [0.25, 0.3) is 10.9 Å². The number of benzene rings is 2. The van der Waals surface area contributed by atoms with Gasteiger partial charge in [0.1, 0.15) is 11.5 Å². The number of aromatic nitrogens is 1. The van der Waals surface area contributed by atoms with Gasteiger partial charge in [-0.05, 0) is 61.4 Å². The number of carbonyl (C=O) groups excluding carboxylic acids is 2. The molecule has 8 nitrogen and oxygen atoms in total. The Balaban J connectivity index is 1.87. The lowest BCUT2D eigenvalue weighted by atomic mass is 10.1. The number of aromatic hydroxyl groups is 1. The van der Waals surface area contributed by atoms with E-state index in [2.05, 4.69) is 10.1 Å². The molecule has 0 saturated heterocycles. The zero-order valence-corrected chi connectivity index (χ0v) is 18.8. The Morgan fingerprint density at radius 3 is 2.37 bits per heavy atom. The fourth-order valence-electron chi connectivity index (χ4n) is 3.66. The molecule has 11 heteroatoms. The highest BCUT2D eigenvalue weighted by molar-refractivity contribution is 6.04. The van der Waals surface area contributed by atoms with Gasteiger partial charge in [-0.3, -0.25) is 19.0 Å². The number of phenolic OH excluding ortho intramolecular Hbond substituents is 1. The minimum Gasteiger partial charge on any atom is -0.508 e. The number of rotatable bonds is 8. The second-order valence-electron chi connectivity index (χ2n) is 8.02. The molecular weight excluding hydrogens is 469 g/mol. The number of hydrogen-bond donors (Lipinski definition) is 3. The van der Waals surface area contributed by atoms with Crippen molar-refractivity contribution in [1.29, 1.82) is 0 Å². The molecule has 3 aromatic rings. The number of amides is 1. The van der Waals surface area contributed by atoms with Crippen LogP contribution in [-0.4, -0.2) is 45.5 Å². The highest BCUT2D eigenvalue weighted by Crippen LogP contribution is 2.31. The van der Waals surface area contributed by atoms with Crippen molar-refractivity contribution in [3.63, 3.8) is 0 Å². The van der Waals surface area contributed by atoms with E-state index in [1.54, 1.807) is 6.92 Å². The van der Waals surface area contributed by atoms with Crippen LogP contribution in [0, 0.1) is 12.8 Å². The van der Waals surface area contributed by atoms with Crippen LogP contribution in [0.1, 0.15) is 35.0 Å². The van der Waals surface area contributed by atoms with Gasteiger partial charge in [-0.25, -0.2) is 0 Å². The number of nitrogens with one attached hydrogen (secondary N) is 1. The van der Waals surface area contributed by atoms with E-state index in [-0.39, 0.29) is 36.6 Å². The third-order valence-corrected chi connectivity index (χ3v) is 5.49. The van der Waals surface area contributed by atoms with Crippen LogP contribution in [0.3, 0.4) is 0 Å². The number of carboxylic acid groups (broad SMARTS) is 1. The number of aliphatic carboxylic acids is 1. The van der Waals surface area contributed by atoms with Gasteiger partial charge in [-0.2, -0.15) is 0 Å². The highest BCUT2D eigenvalue weighted by Gasteiger charge is 2.31. The molecule has 0 saturated carbocycles. The maximum atomic E-state index is 13.3. The number of fused-ring (bicyclic) bond motifs is 1. The van der Waals surface area contributed by atoms with Crippen molar-refractivity contribution in [2.45, 2.75) is 33.1 Å². The number of phenols is 1. The lowest BCUT2D eigenvalue weighted by molar-refractivity contribution is -0.274. The van der Waals surface area contributed by atoms with Gasteiger partial charge in [0, 0.05) is 29.6 Å². The molecule has 0 radical (unpaired) electrons. The van der Waals surface area contributed by atoms with E-state index in [9.17, 15) is 32.7 Å². The second-order valence-corrected chi connectivity index (χ2v) is 8.02. The molecule has 3 N–H and O–H groups in total. The number of hydrogen-bond acceptors (Lipinski definition) is 5. The number of alkyl halides is 3. The van der Waals surface area contributed by atoms with Gasteiger partial charge in [0.15, 0.2) is 0 Å². The molecule has 35 heavy (non-hydrogen) atoms. The first-order valence-electron chi connectivity index (χ1n) is 10.6. The van der Waals surface area contributed by atoms with Gasteiger partial charge in [0.2, 0.25) is 5.91 Å². The van der Waals surface area contributed by atoms with E-state index in [0.717, 1.165) is 12.1 Å². The Hall–Kier alpha value is -4.02. The summed E-state index contributed by atoms with van der Waals surface area (Å²) in [5.41, 5.74) is 1.69. The summed E-state index contributed by atoms with van der Waals surface area (Å²) in [6.45, 7) is 3.11. The third-order valence-electron chi connectivity index (χ3n) is 5.49. The molecule has 0 unspecified atom stereocenters. The summed E-state index contributed by atoms with van der Waals surface area (Å²) in [5.74, 6) is -3.16. The first-order chi connectivity index (χ1) is 16.4. The minimum absolute atomic E-state index is 0.0135. The maximum Gasteiger partial charge on any atom is 0.573 e. The molecular formula is C24H23F3N2O6. The summed E-state index contributed by atoms with van der Waals surface area (Å²) in [4.78, 5) is 36.4. The van der Waals surface area contributed by atoms with E-state index < -0.39 is 29.9 Å². The first-order valence-corrected chi connectivity index (χ1v) is 10.6. The van der Waals surface area contributed by atoms with Gasteiger partial charge in [0.25, 0.3) is 5.91 Å². The lowest BCUT2D eigenvalue weighted by Gasteiger charge is -2.11. The van der Waals surface area contributed by atoms with Crippen molar-refractivity contribution < 1.29 is 42.5 Å². The Morgan fingerprint density at radius 1 is 1.11 bits per heavy atom. The number of carboxylic acids is 1. The monoisotopic (exact) mass is 492 g/mol. The summed E-state index contributed by atoms with van der Waals surface area (Å²) in [5, 5.41) is 22.0. The first kappa shape index (κ1) is 25.6. The van der Waals surface area contributed by atoms with Crippen molar-refractivity contribution in [3.05, 3.63) is 59.3 Å². The summed E-state index contributed by atoms with van der Waals surface area (Å²) >= 11 is 0. The minimum atomic E-state index is -4.85. The Morgan fingerprint density at radius 2 is 1.77 bits per heavy atom. The number of halogens is 3. The quantitative estimate of drug-likeness (QED) is 0.437. The average Bonchev–Trinajstić information content (AvgIpc) is 3.05. The predicted octanol–water partition coefficient (Wildman–Crippen LogP) is 4.01. The fraction of sp³-hybridized carbons (Fsp3) is 0.292. The zero-order chi connectivity index (χ0) is 25.9. The van der Waals surface area contributed by atoms with Crippen LogP contribution in [0.2, 0.25) is 0 Å². The van der Waals surface area contributed by atoms with E-state index in [0.29, 0.717) is 22.2 Å². The van der Waals surface area contributed by atoms with Gasteiger partial charge in [-0.15, -0.1) is 13.2 Å². The molecule has 0 aliphatic heterocycles. The standard InChI is InChI=1S/C24H23F3N2O6/c1-13(23(33)34)12-28-21(31)10-8-18-14(2)29(20-9-5-16(30)11-19(18)20)22(32)15-3-6-17(7-4-15)35-24(25,26)27/h3-7,9,11,13,30H,8,10,12H2,1-2H3,(H,28,31)(H,33,34)/t13-/m0/s1. The molecule has 3 rings (SSSR count). The average molecular weight is 492 g/mol. The van der Waals surface area contributed by atoms with Crippen molar-refractivity contribution in [1.82, 2.24) is 9.88 Å². The van der Waals surface area contributed by atoms with Crippen LogP contribution in [0.15, 0.2) is 42.5 Å². The van der Waals surface area contributed by atoms with Crippen LogP contribution in [0.5, 0.6) is 11.5 Å². The smallest absolute Gasteiger partial charge is 0.508 e. The molecule has 1 heterocycles. The molecule has 186 valence electrons.